The van der Waals surface area contributed by atoms with Crippen molar-refractivity contribution in [2.75, 3.05) is 25.2 Å². The van der Waals surface area contributed by atoms with E-state index < -0.39 is 4.92 Å². The molecular weight excluding hydrogens is 384 g/mol. The van der Waals surface area contributed by atoms with E-state index in [2.05, 4.69) is 20.8 Å². The molecule has 0 bridgehead atoms. The molecule has 1 unspecified atom stereocenters. The SMILES string of the molecule is CCSC(SCC)[C@@H]1CC(C)CN1C(=O)c1cc(OC)c(C)cc1[N+](=O)[O-]. The van der Waals surface area contributed by atoms with E-state index in [0.717, 1.165) is 17.9 Å². The molecule has 1 aliphatic heterocycles. The first kappa shape index (κ1) is 21.9. The molecule has 1 aromatic carbocycles. The summed E-state index contributed by atoms with van der Waals surface area (Å²) in [5.74, 6) is 2.55. The molecule has 1 saturated heterocycles. The Bertz CT molecular complexity index is 693. The number of rotatable bonds is 8. The number of hydrogen-bond acceptors (Lipinski definition) is 6. The lowest BCUT2D eigenvalue weighted by molar-refractivity contribution is -0.385. The molecular formula is C19H28N2O4S2. The van der Waals surface area contributed by atoms with Crippen LogP contribution in [0.4, 0.5) is 5.69 Å². The monoisotopic (exact) mass is 412 g/mol. The van der Waals surface area contributed by atoms with E-state index in [-0.39, 0.29) is 27.8 Å². The summed E-state index contributed by atoms with van der Waals surface area (Å²) in [4.78, 5) is 26.3. The molecule has 1 aromatic rings. The summed E-state index contributed by atoms with van der Waals surface area (Å²) in [5, 5.41) is 11.6. The number of carbonyl (C=O) groups excluding carboxylic acids is 1. The van der Waals surface area contributed by atoms with Crippen molar-refractivity contribution >= 4 is 35.1 Å². The quantitative estimate of drug-likeness (QED) is 0.353. The summed E-state index contributed by atoms with van der Waals surface area (Å²) in [5.41, 5.74) is 0.607. The Morgan fingerprint density at radius 3 is 2.52 bits per heavy atom. The number of thioether (sulfide) groups is 2. The van der Waals surface area contributed by atoms with Gasteiger partial charge in [0.25, 0.3) is 11.6 Å². The average Bonchev–Trinajstić information content (AvgIpc) is 3.02. The van der Waals surface area contributed by atoms with Crippen LogP contribution in [0.15, 0.2) is 12.1 Å². The maximum absolute atomic E-state index is 13.4. The number of ether oxygens (including phenoxy) is 1. The first-order valence-corrected chi connectivity index (χ1v) is 11.3. The first-order chi connectivity index (χ1) is 12.8. The van der Waals surface area contributed by atoms with E-state index in [1.807, 2.05) is 28.4 Å². The van der Waals surface area contributed by atoms with Crippen LogP contribution in [-0.4, -0.2) is 51.5 Å². The third kappa shape index (κ3) is 4.90. The number of nitro groups is 1. The molecule has 1 aliphatic rings. The number of benzene rings is 1. The topological polar surface area (TPSA) is 72.7 Å². The maximum Gasteiger partial charge on any atom is 0.282 e. The molecule has 1 heterocycles. The highest BCUT2D eigenvalue weighted by Gasteiger charge is 2.40. The summed E-state index contributed by atoms with van der Waals surface area (Å²) in [6, 6.07) is 3.03. The number of hydrogen-bond donors (Lipinski definition) is 0. The number of aryl methyl sites for hydroxylation is 1. The second-order valence-electron chi connectivity index (χ2n) is 6.74. The number of nitrogens with zero attached hydrogens (tertiary/aromatic N) is 2. The van der Waals surface area contributed by atoms with Crippen molar-refractivity contribution in [3.05, 3.63) is 33.4 Å². The fourth-order valence-corrected chi connectivity index (χ4v) is 6.36. The Kier molecular flexibility index (Phi) is 7.85. The summed E-state index contributed by atoms with van der Waals surface area (Å²) in [6.07, 6.45) is 0.924. The van der Waals surface area contributed by atoms with E-state index in [0.29, 0.717) is 23.8 Å². The molecule has 150 valence electrons. The van der Waals surface area contributed by atoms with Crippen LogP contribution >= 0.6 is 23.5 Å². The Balaban J connectivity index is 2.43. The highest BCUT2D eigenvalue weighted by atomic mass is 32.2. The lowest BCUT2D eigenvalue weighted by Gasteiger charge is -2.31. The second-order valence-corrected chi connectivity index (χ2v) is 9.88. The van der Waals surface area contributed by atoms with Crippen LogP contribution in [0.5, 0.6) is 5.75 Å². The van der Waals surface area contributed by atoms with Gasteiger partial charge in [-0.05, 0) is 36.3 Å². The summed E-state index contributed by atoms with van der Waals surface area (Å²) >= 11 is 3.70. The molecule has 6 nitrogen and oxygen atoms in total. The van der Waals surface area contributed by atoms with Crippen LogP contribution in [0.2, 0.25) is 0 Å². The average molecular weight is 413 g/mol. The van der Waals surface area contributed by atoms with Crippen molar-refractivity contribution in [3.8, 4) is 5.75 Å². The number of nitro benzene ring substituents is 1. The molecule has 0 aromatic heterocycles. The molecule has 1 amide bonds. The minimum Gasteiger partial charge on any atom is -0.496 e. The summed E-state index contributed by atoms with van der Waals surface area (Å²) in [7, 11) is 1.51. The number of methoxy groups -OCH3 is 1. The van der Waals surface area contributed by atoms with Gasteiger partial charge < -0.3 is 9.64 Å². The molecule has 0 radical (unpaired) electrons. The molecule has 0 aliphatic carbocycles. The zero-order valence-electron chi connectivity index (χ0n) is 16.6. The van der Waals surface area contributed by atoms with Gasteiger partial charge in [0, 0.05) is 18.7 Å². The van der Waals surface area contributed by atoms with E-state index in [4.69, 9.17) is 4.74 Å². The van der Waals surface area contributed by atoms with Gasteiger partial charge in [0.2, 0.25) is 0 Å². The number of likely N-dealkylation sites (tertiary alicyclic amines) is 1. The van der Waals surface area contributed by atoms with Crippen LogP contribution in [-0.2, 0) is 0 Å². The minimum atomic E-state index is -0.479. The lowest BCUT2D eigenvalue weighted by atomic mass is 10.1. The van der Waals surface area contributed by atoms with Gasteiger partial charge in [-0.25, -0.2) is 0 Å². The van der Waals surface area contributed by atoms with E-state index in [1.165, 1.54) is 19.2 Å². The fraction of sp³-hybridized carbons (Fsp3) is 0.632. The van der Waals surface area contributed by atoms with Gasteiger partial charge >= 0.3 is 0 Å². The number of amides is 1. The van der Waals surface area contributed by atoms with E-state index in [1.54, 1.807) is 6.92 Å². The summed E-state index contributed by atoms with van der Waals surface area (Å²) in [6.45, 7) is 8.74. The van der Waals surface area contributed by atoms with E-state index >= 15 is 0 Å². The summed E-state index contributed by atoms with van der Waals surface area (Å²) < 4.78 is 5.58. The van der Waals surface area contributed by atoms with E-state index in [9.17, 15) is 14.9 Å². The van der Waals surface area contributed by atoms with Crippen molar-refractivity contribution in [3.63, 3.8) is 0 Å². The van der Waals surface area contributed by atoms with Gasteiger partial charge in [0.05, 0.1) is 22.7 Å². The molecule has 0 saturated carbocycles. The highest BCUT2D eigenvalue weighted by Crippen LogP contribution is 2.39. The van der Waals surface area contributed by atoms with Gasteiger partial charge in [0.1, 0.15) is 11.3 Å². The van der Waals surface area contributed by atoms with Crippen LogP contribution in [0.1, 0.15) is 43.1 Å². The Morgan fingerprint density at radius 1 is 1.37 bits per heavy atom. The van der Waals surface area contributed by atoms with Crippen LogP contribution in [0.25, 0.3) is 0 Å². The molecule has 1 fully saturated rings. The van der Waals surface area contributed by atoms with Crippen molar-refractivity contribution < 1.29 is 14.5 Å². The predicted octanol–water partition coefficient (Wildman–Crippen LogP) is 4.59. The third-order valence-electron chi connectivity index (χ3n) is 4.73. The Hall–Kier alpha value is -1.41. The highest BCUT2D eigenvalue weighted by molar-refractivity contribution is 8.17. The Labute approximate surface area is 169 Å². The van der Waals surface area contributed by atoms with Crippen molar-refractivity contribution in [1.82, 2.24) is 4.90 Å². The van der Waals surface area contributed by atoms with Gasteiger partial charge in [-0.1, -0.05) is 20.8 Å². The van der Waals surface area contributed by atoms with Gasteiger partial charge in [-0.3, -0.25) is 14.9 Å². The standard InChI is InChI=1S/C19H28N2O4S2/c1-6-26-19(27-7-2)16-8-12(3)11-20(16)18(22)14-10-17(25-5)13(4)9-15(14)21(23)24/h9-10,12,16,19H,6-8,11H2,1-5H3/t12?,16-/m0/s1. The minimum absolute atomic E-state index is 0.0781. The van der Waals surface area contributed by atoms with Gasteiger partial charge in [0.15, 0.2) is 0 Å². The molecule has 0 N–H and O–H groups in total. The van der Waals surface area contributed by atoms with Crippen LogP contribution in [0.3, 0.4) is 0 Å². The first-order valence-electron chi connectivity index (χ1n) is 9.21. The lowest BCUT2D eigenvalue weighted by Crippen LogP contribution is -2.41. The van der Waals surface area contributed by atoms with Crippen molar-refractivity contribution in [2.24, 2.45) is 5.92 Å². The number of carbonyl (C=O) groups is 1. The van der Waals surface area contributed by atoms with Gasteiger partial charge in [-0.2, -0.15) is 0 Å². The normalized spacial score (nSPS) is 19.6. The third-order valence-corrected chi connectivity index (χ3v) is 7.50. The smallest absolute Gasteiger partial charge is 0.282 e. The molecule has 2 atom stereocenters. The molecule has 0 spiro atoms. The zero-order chi connectivity index (χ0) is 20.1. The van der Waals surface area contributed by atoms with Crippen LogP contribution in [0, 0.1) is 23.0 Å². The second kappa shape index (κ2) is 9.68. The maximum atomic E-state index is 13.4. The fourth-order valence-electron chi connectivity index (χ4n) is 3.55. The molecule has 2 rings (SSSR count). The largest absolute Gasteiger partial charge is 0.496 e. The molecule has 27 heavy (non-hydrogen) atoms. The van der Waals surface area contributed by atoms with Crippen LogP contribution < -0.4 is 4.74 Å². The van der Waals surface area contributed by atoms with Gasteiger partial charge in [-0.15, -0.1) is 23.5 Å². The molecule has 8 heteroatoms. The predicted molar refractivity (Wildman–Crippen MR) is 113 cm³/mol. The van der Waals surface area contributed by atoms with Crippen molar-refractivity contribution in [2.45, 2.75) is 44.7 Å². The zero-order valence-corrected chi connectivity index (χ0v) is 18.2. The van der Waals surface area contributed by atoms with Crippen molar-refractivity contribution in [1.29, 1.82) is 0 Å². The Morgan fingerprint density at radius 2 is 2.00 bits per heavy atom.